The van der Waals surface area contributed by atoms with Crippen LogP contribution in [0, 0.1) is 0 Å². The molecular weight excluding hydrogens is 268 g/mol. The van der Waals surface area contributed by atoms with Gasteiger partial charge in [0, 0.05) is 16.6 Å². The summed E-state index contributed by atoms with van der Waals surface area (Å²) in [7, 11) is 0. The van der Waals surface area contributed by atoms with E-state index < -0.39 is 5.91 Å². The summed E-state index contributed by atoms with van der Waals surface area (Å²) in [6, 6.07) is 13.6. The number of benzene rings is 2. The Balaban J connectivity index is 1.92. The number of nitrogens with zero attached hydrogens (tertiary/aromatic N) is 2. The molecule has 4 N–H and O–H groups in total. The number of fused-ring (bicyclic) bond motifs is 1. The molecule has 3 aromatic rings. The van der Waals surface area contributed by atoms with Gasteiger partial charge in [0.2, 0.25) is 5.88 Å². The fraction of sp³-hybridized carbons (Fsp3) is 0. The molecule has 0 aliphatic heterocycles. The highest BCUT2D eigenvalue weighted by Crippen LogP contribution is 2.35. The Morgan fingerprint density at radius 2 is 1.81 bits per heavy atom. The maximum absolute atomic E-state index is 11.9. The Hall–Kier alpha value is -3.15. The van der Waals surface area contributed by atoms with E-state index in [1.165, 1.54) is 0 Å². The summed E-state index contributed by atoms with van der Waals surface area (Å²) in [5.41, 5.74) is 7.48. The van der Waals surface area contributed by atoms with Gasteiger partial charge in [0.15, 0.2) is 5.69 Å². The summed E-state index contributed by atoms with van der Waals surface area (Å²) in [4.78, 5) is 14.7. The molecule has 3 rings (SSSR count). The van der Waals surface area contributed by atoms with E-state index in [9.17, 15) is 9.90 Å². The van der Waals surface area contributed by atoms with Crippen LogP contribution in [0.3, 0.4) is 0 Å². The second-order valence-corrected chi connectivity index (χ2v) is 4.49. The van der Waals surface area contributed by atoms with Crippen LogP contribution < -0.4 is 5.73 Å². The Labute approximate surface area is 119 Å². The van der Waals surface area contributed by atoms with Crippen molar-refractivity contribution in [3.05, 3.63) is 54.1 Å². The Kier molecular flexibility index (Phi) is 3.12. The first-order chi connectivity index (χ1) is 10.1. The van der Waals surface area contributed by atoms with E-state index in [1.54, 1.807) is 36.4 Å². The van der Waals surface area contributed by atoms with E-state index in [0.717, 1.165) is 5.52 Å². The SMILES string of the molecule is Nc1ccc(C(=O)N=Nc2c(O)[nH]c3ccccc23)cc1. The van der Waals surface area contributed by atoms with Crippen molar-refractivity contribution in [3.8, 4) is 5.88 Å². The monoisotopic (exact) mass is 280 g/mol. The first-order valence-electron chi connectivity index (χ1n) is 6.26. The minimum atomic E-state index is -0.500. The van der Waals surface area contributed by atoms with Crippen LogP contribution in [0.25, 0.3) is 10.9 Å². The largest absolute Gasteiger partial charge is 0.493 e. The van der Waals surface area contributed by atoms with Crippen molar-refractivity contribution in [1.82, 2.24) is 4.98 Å². The number of anilines is 1. The van der Waals surface area contributed by atoms with Crippen LogP contribution in [-0.2, 0) is 0 Å². The van der Waals surface area contributed by atoms with Crippen LogP contribution in [0.2, 0.25) is 0 Å². The molecule has 1 amide bonds. The minimum absolute atomic E-state index is 0.120. The lowest BCUT2D eigenvalue weighted by Gasteiger charge is -1.95. The van der Waals surface area contributed by atoms with Gasteiger partial charge in [-0.15, -0.1) is 10.2 Å². The van der Waals surface area contributed by atoms with Crippen molar-refractivity contribution in [3.63, 3.8) is 0 Å². The number of hydrogen-bond acceptors (Lipinski definition) is 4. The number of para-hydroxylation sites is 1. The number of H-pyrrole nitrogens is 1. The molecule has 6 heteroatoms. The van der Waals surface area contributed by atoms with Gasteiger partial charge in [-0.1, -0.05) is 18.2 Å². The van der Waals surface area contributed by atoms with Gasteiger partial charge < -0.3 is 15.8 Å². The zero-order chi connectivity index (χ0) is 14.8. The number of rotatable bonds is 2. The maximum Gasteiger partial charge on any atom is 0.295 e. The summed E-state index contributed by atoms with van der Waals surface area (Å²) in [6.45, 7) is 0. The third-order valence-electron chi connectivity index (χ3n) is 3.06. The van der Waals surface area contributed by atoms with Crippen LogP contribution in [0.5, 0.6) is 5.88 Å². The average molecular weight is 280 g/mol. The normalized spacial score (nSPS) is 11.2. The van der Waals surface area contributed by atoms with Crippen LogP contribution in [0.4, 0.5) is 11.4 Å². The molecule has 21 heavy (non-hydrogen) atoms. The predicted octanol–water partition coefficient (Wildman–Crippen LogP) is 3.38. The van der Waals surface area contributed by atoms with Crippen LogP contribution in [0.1, 0.15) is 10.4 Å². The second kappa shape index (κ2) is 5.09. The number of nitrogens with two attached hydrogens (primary N) is 1. The number of hydrogen-bond donors (Lipinski definition) is 3. The van der Waals surface area contributed by atoms with E-state index in [-0.39, 0.29) is 11.6 Å². The summed E-state index contributed by atoms with van der Waals surface area (Å²) < 4.78 is 0. The summed E-state index contributed by atoms with van der Waals surface area (Å²) in [5, 5.41) is 18.0. The Bertz CT molecular complexity index is 835. The molecule has 104 valence electrons. The molecule has 0 atom stereocenters. The van der Waals surface area contributed by atoms with E-state index in [0.29, 0.717) is 16.6 Å². The van der Waals surface area contributed by atoms with Crippen molar-refractivity contribution >= 4 is 28.2 Å². The van der Waals surface area contributed by atoms with Gasteiger partial charge in [-0.3, -0.25) is 4.79 Å². The summed E-state index contributed by atoms with van der Waals surface area (Å²) >= 11 is 0. The van der Waals surface area contributed by atoms with Gasteiger partial charge >= 0.3 is 0 Å². The molecule has 2 aromatic carbocycles. The molecular formula is C15H12N4O2. The smallest absolute Gasteiger partial charge is 0.295 e. The highest BCUT2D eigenvalue weighted by atomic mass is 16.3. The molecule has 1 aromatic heterocycles. The van der Waals surface area contributed by atoms with Gasteiger partial charge in [0.05, 0.1) is 5.52 Å². The highest BCUT2D eigenvalue weighted by Gasteiger charge is 2.10. The van der Waals surface area contributed by atoms with Crippen LogP contribution in [-0.4, -0.2) is 16.0 Å². The molecule has 0 bridgehead atoms. The summed E-state index contributed by atoms with van der Waals surface area (Å²) in [6.07, 6.45) is 0. The van der Waals surface area contributed by atoms with E-state index >= 15 is 0 Å². The molecule has 0 saturated heterocycles. The fourth-order valence-corrected chi connectivity index (χ4v) is 1.99. The van der Waals surface area contributed by atoms with E-state index in [1.807, 2.05) is 12.1 Å². The lowest BCUT2D eigenvalue weighted by molar-refractivity contribution is 0.0995. The first-order valence-corrected chi connectivity index (χ1v) is 6.26. The molecule has 6 nitrogen and oxygen atoms in total. The third kappa shape index (κ3) is 2.46. The average Bonchev–Trinajstić information content (AvgIpc) is 2.81. The van der Waals surface area contributed by atoms with Crippen molar-refractivity contribution in [1.29, 1.82) is 0 Å². The minimum Gasteiger partial charge on any atom is -0.493 e. The number of carbonyl (C=O) groups excluding carboxylic acids is 1. The number of aromatic nitrogens is 1. The number of aromatic amines is 1. The number of amides is 1. The molecule has 0 radical (unpaired) electrons. The third-order valence-corrected chi connectivity index (χ3v) is 3.06. The number of nitrogen functional groups attached to an aromatic ring is 1. The zero-order valence-electron chi connectivity index (χ0n) is 10.9. The number of nitrogens with one attached hydrogen (secondary N) is 1. The number of carbonyl (C=O) groups is 1. The molecule has 0 aliphatic carbocycles. The molecule has 1 heterocycles. The van der Waals surface area contributed by atoms with Crippen molar-refractivity contribution in [2.24, 2.45) is 10.2 Å². The molecule has 0 spiro atoms. The standard InChI is InChI=1S/C15H12N4O2/c16-10-7-5-9(6-8-10)14(20)19-18-13-11-3-1-2-4-12(11)17-15(13)21/h1-8,17,21H,16H2. The van der Waals surface area contributed by atoms with Gasteiger partial charge in [-0.25, -0.2) is 0 Å². The number of aromatic hydroxyl groups is 1. The first kappa shape index (κ1) is 12.9. The fourth-order valence-electron chi connectivity index (χ4n) is 1.99. The Morgan fingerprint density at radius 3 is 2.57 bits per heavy atom. The molecule has 0 fully saturated rings. The van der Waals surface area contributed by atoms with Gasteiger partial charge in [-0.2, -0.15) is 0 Å². The topological polar surface area (TPSA) is 104 Å². The molecule has 0 aliphatic rings. The van der Waals surface area contributed by atoms with Crippen molar-refractivity contribution in [2.45, 2.75) is 0 Å². The van der Waals surface area contributed by atoms with Gasteiger partial charge in [-0.05, 0) is 30.3 Å². The van der Waals surface area contributed by atoms with Crippen molar-refractivity contribution < 1.29 is 9.90 Å². The maximum atomic E-state index is 11.9. The van der Waals surface area contributed by atoms with Crippen LogP contribution in [0.15, 0.2) is 58.8 Å². The zero-order valence-corrected chi connectivity index (χ0v) is 10.9. The quantitative estimate of drug-likeness (QED) is 0.495. The van der Waals surface area contributed by atoms with Gasteiger partial charge in [0.25, 0.3) is 5.91 Å². The van der Waals surface area contributed by atoms with E-state index in [2.05, 4.69) is 15.2 Å². The lowest BCUT2D eigenvalue weighted by Crippen LogP contribution is -1.94. The second-order valence-electron chi connectivity index (χ2n) is 4.49. The molecule has 0 unspecified atom stereocenters. The Morgan fingerprint density at radius 1 is 1.10 bits per heavy atom. The highest BCUT2D eigenvalue weighted by molar-refractivity contribution is 5.97. The van der Waals surface area contributed by atoms with E-state index in [4.69, 9.17) is 5.73 Å². The molecule has 0 saturated carbocycles. The van der Waals surface area contributed by atoms with Crippen LogP contribution >= 0.6 is 0 Å². The van der Waals surface area contributed by atoms with Crippen molar-refractivity contribution in [2.75, 3.05) is 5.73 Å². The van der Waals surface area contributed by atoms with Gasteiger partial charge in [0.1, 0.15) is 0 Å². The predicted molar refractivity (Wildman–Crippen MR) is 79.7 cm³/mol. The number of azo groups is 1. The lowest BCUT2D eigenvalue weighted by atomic mass is 10.2. The summed E-state index contributed by atoms with van der Waals surface area (Å²) in [5.74, 6) is -0.621.